The minimum atomic E-state index is -0.342. The number of methoxy groups -OCH3 is 2. The second kappa shape index (κ2) is 11.4. The first kappa shape index (κ1) is 27.5. The predicted octanol–water partition coefficient (Wildman–Crippen LogP) is 6.78. The summed E-state index contributed by atoms with van der Waals surface area (Å²) >= 11 is 3.49. The van der Waals surface area contributed by atoms with Gasteiger partial charge in [0, 0.05) is 15.4 Å². The van der Waals surface area contributed by atoms with Crippen molar-refractivity contribution in [3.63, 3.8) is 0 Å². The normalized spacial score (nSPS) is 12.3. The highest BCUT2D eigenvalue weighted by molar-refractivity contribution is 9.10. The van der Waals surface area contributed by atoms with E-state index < -0.39 is 0 Å². The first-order valence-electron chi connectivity index (χ1n) is 13.5. The van der Waals surface area contributed by atoms with Crippen molar-refractivity contribution in [1.29, 1.82) is 0 Å². The molecule has 0 spiro atoms. The van der Waals surface area contributed by atoms with Gasteiger partial charge < -0.3 is 28.1 Å². The van der Waals surface area contributed by atoms with Crippen LogP contribution in [0.25, 0.3) is 33.5 Å². The molecule has 0 saturated carbocycles. The Morgan fingerprint density at radius 3 is 2.57 bits per heavy atom. The van der Waals surface area contributed by atoms with Crippen molar-refractivity contribution < 1.29 is 28.1 Å². The smallest absolute Gasteiger partial charge is 0.282 e. The fourth-order valence-corrected chi connectivity index (χ4v) is 5.32. The third-order valence-electron chi connectivity index (χ3n) is 7.08. The maximum atomic E-state index is 13.7. The highest BCUT2D eigenvalue weighted by Crippen LogP contribution is 2.40. The molecule has 0 fully saturated rings. The van der Waals surface area contributed by atoms with E-state index in [2.05, 4.69) is 21.0 Å². The Kier molecular flexibility index (Phi) is 7.15. The van der Waals surface area contributed by atoms with E-state index in [1.54, 1.807) is 44.6 Å². The van der Waals surface area contributed by atoms with Gasteiger partial charge in [0.2, 0.25) is 18.4 Å². The van der Waals surface area contributed by atoms with Crippen LogP contribution >= 0.6 is 15.9 Å². The third kappa shape index (κ3) is 5.11. The molecule has 1 aliphatic heterocycles. The molecule has 0 radical (unpaired) electrons. The Bertz CT molecular complexity index is 2110. The Morgan fingerprint density at radius 2 is 1.75 bits per heavy atom. The van der Waals surface area contributed by atoms with E-state index in [0.717, 1.165) is 15.4 Å². The van der Waals surface area contributed by atoms with E-state index in [1.165, 1.54) is 10.9 Å². The number of furan rings is 1. The molecule has 0 aliphatic carbocycles. The highest BCUT2D eigenvalue weighted by Gasteiger charge is 2.19. The molecule has 4 aromatic carbocycles. The topological polar surface area (TPSA) is 107 Å². The number of rotatable bonds is 8. The quantitative estimate of drug-likeness (QED) is 0.166. The number of para-hydroxylation sites is 1. The minimum Gasteiger partial charge on any atom is -0.493 e. The number of hydrogen-bond acceptors (Lipinski definition) is 9. The fourth-order valence-electron chi connectivity index (χ4n) is 4.94. The molecule has 3 heterocycles. The largest absolute Gasteiger partial charge is 0.493 e. The molecule has 1 aliphatic rings. The van der Waals surface area contributed by atoms with E-state index >= 15 is 0 Å². The summed E-state index contributed by atoms with van der Waals surface area (Å²) in [7, 11) is 3.08. The van der Waals surface area contributed by atoms with Crippen LogP contribution in [0.3, 0.4) is 0 Å². The zero-order valence-electron chi connectivity index (χ0n) is 23.6. The Balaban J connectivity index is 1.26. The molecule has 2 aromatic heterocycles. The Morgan fingerprint density at radius 1 is 0.955 bits per heavy atom. The van der Waals surface area contributed by atoms with Crippen molar-refractivity contribution in [1.82, 2.24) is 9.66 Å². The molecule has 6 aromatic rings. The van der Waals surface area contributed by atoms with Gasteiger partial charge in [-0.25, -0.2) is 4.98 Å². The average molecular weight is 654 g/mol. The third-order valence-corrected chi connectivity index (χ3v) is 7.57. The molecular formula is C33H24BrN3O7. The second-order valence-electron chi connectivity index (χ2n) is 9.84. The Labute approximate surface area is 259 Å². The van der Waals surface area contributed by atoms with Crippen LogP contribution in [0.15, 0.2) is 97.6 Å². The van der Waals surface area contributed by atoms with Gasteiger partial charge in [0.05, 0.1) is 31.3 Å². The number of aromatic nitrogens is 2. The highest BCUT2D eigenvalue weighted by atomic mass is 79.9. The van der Waals surface area contributed by atoms with Gasteiger partial charge >= 0.3 is 0 Å². The van der Waals surface area contributed by atoms with Crippen molar-refractivity contribution in [2.24, 2.45) is 5.10 Å². The summed E-state index contributed by atoms with van der Waals surface area (Å²) in [5, 5.41) is 5.85. The molecule has 0 N–H and O–H groups in total. The molecular weight excluding hydrogens is 630 g/mol. The van der Waals surface area contributed by atoms with Crippen LogP contribution < -0.4 is 29.2 Å². The summed E-state index contributed by atoms with van der Waals surface area (Å²) in [6, 6.07) is 23.7. The monoisotopic (exact) mass is 653 g/mol. The van der Waals surface area contributed by atoms with Crippen LogP contribution in [0.2, 0.25) is 0 Å². The lowest BCUT2D eigenvalue weighted by molar-refractivity contribution is 0.174. The fraction of sp³-hybridized carbons (Fsp3) is 0.121. The summed E-state index contributed by atoms with van der Waals surface area (Å²) in [6.07, 6.45) is 1.53. The van der Waals surface area contributed by atoms with Crippen LogP contribution in [0.4, 0.5) is 0 Å². The lowest BCUT2D eigenvalue weighted by Gasteiger charge is -2.15. The molecule has 11 heteroatoms. The van der Waals surface area contributed by atoms with Gasteiger partial charge in [-0.2, -0.15) is 9.78 Å². The lowest BCUT2D eigenvalue weighted by Crippen LogP contribution is -2.20. The predicted molar refractivity (Wildman–Crippen MR) is 168 cm³/mol. The van der Waals surface area contributed by atoms with Crippen molar-refractivity contribution in [3.05, 3.63) is 105 Å². The standard InChI is InChI=1S/C33H24BrN3O7/c1-39-28-12-20(13-29(40-2)31(28)41-17-19-7-9-26-27(11-19)43-18-42-26)16-35-37-32(36-24-6-4-3-5-23(24)33(37)38)30-15-21-14-22(34)8-10-25(21)44-30/h3-16H,17-18H2,1-2H3. The van der Waals surface area contributed by atoms with Crippen molar-refractivity contribution >= 4 is 44.0 Å². The van der Waals surface area contributed by atoms with E-state index in [9.17, 15) is 4.79 Å². The number of hydrogen-bond donors (Lipinski definition) is 0. The van der Waals surface area contributed by atoms with Crippen LogP contribution in [0, 0.1) is 0 Å². The van der Waals surface area contributed by atoms with Crippen LogP contribution in [-0.2, 0) is 6.61 Å². The lowest BCUT2D eigenvalue weighted by atomic mass is 10.2. The van der Waals surface area contributed by atoms with E-state index in [4.69, 9.17) is 33.1 Å². The average Bonchev–Trinajstić information content (AvgIpc) is 3.69. The summed E-state index contributed by atoms with van der Waals surface area (Å²) < 4.78 is 36.5. The zero-order valence-corrected chi connectivity index (χ0v) is 25.2. The summed E-state index contributed by atoms with van der Waals surface area (Å²) in [6.45, 7) is 0.440. The molecule has 0 amide bonds. The summed E-state index contributed by atoms with van der Waals surface area (Å²) in [5.74, 6) is 3.32. The molecule has 7 rings (SSSR count). The second-order valence-corrected chi connectivity index (χ2v) is 10.8. The zero-order chi connectivity index (χ0) is 30.2. The first-order chi connectivity index (χ1) is 21.5. The maximum absolute atomic E-state index is 13.7. The van der Waals surface area contributed by atoms with E-state index in [1.807, 2.05) is 48.5 Å². The van der Waals surface area contributed by atoms with Gasteiger partial charge in [0.1, 0.15) is 12.2 Å². The van der Waals surface area contributed by atoms with Crippen molar-refractivity contribution in [2.75, 3.05) is 21.0 Å². The number of halogens is 1. The van der Waals surface area contributed by atoms with Gasteiger partial charge in [-0.3, -0.25) is 4.79 Å². The summed E-state index contributed by atoms with van der Waals surface area (Å²) in [4.78, 5) is 18.4. The van der Waals surface area contributed by atoms with Crippen molar-refractivity contribution in [2.45, 2.75) is 6.61 Å². The van der Waals surface area contributed by atoms with E-state index in [-0.39, 0.29) is 24.8 Å². The van der Waals surface area contributed by atoms with Crippen LogP contribution in [-0.4, -0.2) is 36.9 Å². The molecule has 10 nitrogen and oxygen atoms in total. The van der Waals surface area contributed by atoms with Gasteiger partial charge in [0.15, 0.2) is 28.8 Å². The SMILES string of the molecule is COc1cc(C=Nn2c(-c3cc4cc(Br)ccc4o3)nc3ccccc3c2=O)cc(OC)c1OCc1ccc2c(c1)OCO2. The Hall–Kier alpha value is -5.29. The van der Waals surface area contributed by atoms with Gasteiger partial charge in [-0.15, -0.1) is 0 Å². The maximum Gasteiger partial charge on any atom is 0.282 e. The number of benzene rings is 4. The van der Waals surface area contributed by atoms with Gasteiger partial charge in [-0.1, -0.05) is 34.1 Å². The number of fused-ring (bicyclic) bond motifs is 3. The molecule has 220 valence electrons. The summed E-state index contributed by atoms with van der Waals surface area (Å²) in [5.41, 5.74) is 2.34. The molecule has 0 unspecified atom stereocenters. The van der Waals surface area contributed by atoms with Crippen LogP contribution in [0.5, 0.6) is 28.7 Å². The van der Waals surface area contributed by atoms with Gasteiger partial charge in [0.25, 0.3) is 5.56 Å². The first-order valence-corrected chi connectivity index (χ1v) is 14.3. The van der Waals surface area contributed by atoms with Crippen molar-refractivity contribution in [3.8, 4) is 40.3 Å². The van der Waals surface area contributed by atoms with Gasteiger partial charge in [-0.05, 0) is 66.2 Å². The van der Waals surface area contributed by atoms with E-state index in [0.29, 0.717) is 56.6 Å². The van der Waals surface area contributed by atoms with Crippen LogP contribution in [0.1, 0.15) is 11.1 Å². The number of ether oxygens (including phenoxy) is 5. The minimum absolute atomic E-state index is 0.198. The molecule has 0 saturated heterocycles. The molecule has 44 heavy (non-hydrogen) atoms. The number of nitrogens with zero attached hydrogens (tertiary/aromatic N) is 3. The molecule has 0 atom stereocenters. The molecule has 0 bridgehead atoms.